The molecule has 3 rings (SSSR count). The molecule has 0 saturated carbocycles. The van der Waals surface area contributed by atoms with Gasteiger partial charge in [-0.05, 0) is 55.3 Å². The van der Waals surface area contributed by atoms with Crippen molar-refractivity contribution in [3.8, 4) is 5.75 Å². The number of nitrogens with two attached hydrogens (primary N) is 2. The minimum atomic E-state index is -1.37. The lowest BCUT2D eigenvalue weighted by Crippen LogP contribution is -2.03. The van der Waals surface area contributed by atoms with Gasteiger partial charge >= 0.3 is 11.9 Å². The van der Waals surface area contributed by atoms with Crippen molar-refractivity contribution in [2.24, 2.45) is 20.5 Å². The van der Waals surface area contributed by atoms with Gasteiger partial charge in [-0.3, -0.25) is 4.79 Å². The smallest absolute Gasteiger partial charge is 0.338 e. The summed E-state index contributed by atoms with van der Waals surface area (Å²) < 4.78 is 19.1. The van der Waals surface area contributed by atoms with Crippen LogP contribution >= 0.6 is 36.1 Å². The zero-order valence-electron chi connectivity index (χ0n) is 22.9. The number of ether oxygens (including phenoxy) is 1. The fourth-order valence-electron chi connectivity index (χ4n) is 3.31. The molecular formula is C24H24N6O11S3. The van der Waals surface area contributed by atoms with E-state index < -0.39 is 11.9 Å². The Kier molecular flexibility index (Phi) is 13.1. The number of methoxy groups -OCH3 is 1. The van der Waals surface area contributed by atoms with Gasteiger partial charge in [0.2, 0.25) is 0 Å². The van der Waals surface area contributed by atoms with Crippen LogP contribution in [0.1, 0.15) is 21.5 Å². The molecule has 44 heavy (non-hydrogen) atoms. The van der Waals surface area contributed by atoms with E-state index in [1.165, 1.54) is 7.11 Å². The Morgan fingerprint density at radius 3 is 2.25 bits per heavy atom. The number of carboxylic acids is 1. The van der Waals surface area contributed by atoms with Crippen molar-refractivity contribution >= 4 is 82.2 Å². The van der Waals surface area contributed by atoms with E-state index in [0.29, 0.717) is 39.4 Å². The molecule has 0 bridgehead atoms. The molecule has 0 fully saturated rings. The summed E-state index contributed by atoms with van der Waals surface area (Å²) in [6.45, 7) is 3.54. The summed E-state index contributed by atoms with van der Waals surface area (Å²) >= 11 is 1.95. The number of aryl methyl sites for hydroxylation is 2. The SMILES string of the molecule is COc1cc(SOC(=O)CSOOO)c(C)cc1N=Nc1c(N)cc(C(=O)O)c(N=Nc2ccc(C)cc2SOOO)c1N. The van der Waals surface area contributed by atoms with E-state index in [-0.39, 0.29) is 51.2 Å². The van der Waals surface area contributed by atoms with E-state index in [0.717, 1.165) is 23.7 Å². The predicted molar refractivity (Wildman–Crippen MR) is 159 cm³/mol. The Bertz CT molecular complexity index is 1580. The first kappa shape index (κ1) is 34.5. The van der Waals surface area contributed by atoms with Crippen molar-refractivity contribution < 1.29 is 52.9 Å². The van der Waals surface area contributed by atoms with Gasteiger partial charge in [-0.25, -0.2) is 15.3 Å². The van der Waals surface area contributed by atoms with E-state index in [1.807, 2.05) is 6.92 Å². The molecule has 0 aliphatic heterocycles. The third-order valence-corrected chi connectivity index (χ3v) is 7.34. The van der Waals surface area contributed by atoms with Crippen molar-refractivity contribution in [2.45, 2.75) is 23.6 Å². The molecule has 0 unspecified atom stereocenters. The van der Waals surface area contributed by atoms with E-state index in [1.54, 1.807) is 37.3 Å². The molecule has 0 aliphatic rings. The van der Waals surface area contributed by atoms with Crippen LogP contribution in [0.3, 0.4) is 0 Å². The Morgan fingerprint density at radius 1 is 0.864 bits per heavy atom. The molecule has 0 spiro atoms. The third kappa shape index (κ3) is 9.25. The van der Waals surface area contributed by atoms with Crippen LogP contribution in [0.2, 0.25) is 0 Å². The lowest BCUT2D eigenvalue weighted by atomic mass is 10.1. The minimum Gasteiger partial charge on any atom is -0.494 e. The summed E-state index contributed by atoms with van der Waals surface area (Å²) in [5.41, 5.74) is 13.4. The van der Waals surface area contributed by atoms with Crippen LogP contribution in [-0.4, -0.2) is 40.4 Å². The first-order valence-electron chi connectivity index (χ1n) is 11.8. The lowest BCUT2D eigenvalue weighted by Gasteiger charge is -2.11. The summed E-state index contributed by atoms with van der Waals surface area (Å²) in [6.07, 6.45) is 0. The van der Waals surface area contributed by atoms with Gasteiger partial charge in [-0.15, -0.1) is 29.1 Å². The van der Waals surface area contributed by atoms with Crippen LogP contribution in [0.15, 0.2) is 66.6 Å². The molecule has 3 aromatic carbocycles. The minimum absolute atomic E-state index is 0.0712. The van der Waals surface area contributed by atoms with Gasteiger partial charge in [0.25, 0.3) is 0 Å². The normalized spacial score (nSPS) is 11.4. The largest absolute Gasteiger partial charge is 0.494 e. The average molecular weight is 669 g/mol. The van der Waals surface area contributed by atoms with Crippen LogP contribution in [0.5, 0.6) is 5.75 Å². The summed E-state index contributed by atoms with van der Waals surface area (Å²) in [7, 11) is 1.39. The highest BCUT2D eigenvalue weighted by atomic mass is 32.2. The second kappa shape index (κ2) is 16.7. The number of azo groups is 2. The highest BCUT2D eigenvalue weighted by Crippen LogP contribution is 2.44. The highest BCUT2D eigenvalue weighted by molar-refractivity contribution is 7.96. The second-order valence-electron chi connectivity index (χ2n) is 8.26. The van der Waals surface area contributed by atoms with Crippen molar-refractivity contribution in [1.82, 2.24) is 0 Å². The Balaban J connectivity index is 1.95. The van der Waals surface area contributed by atoms with Crippen LogP contribution < -0.4 is 16.2 Å². The maximum Gasteiger partial charge on any atom is 0.338 e. The zero-order valence-corrected chi connectivity index (χ0v) is 25.4. The number of aromatic carboxylic acids is 1. The van der Waals surface area contributed by atoms with Crippen molar-refractivity contribution in [3.63, 3.8) is 0 Å². The fraction of sp³-hybridized carbons (Fsp3) is 0.167. The van der Waals surface area contributed by atoms with Gasteiger partial charge < -0.3 is 25.5 Å². The molecule has 0 aliphatic carbocycles. The summed E-state index contributed by atoms with van der Waals surface area (Å²) in [5.74, 6) is -2.02. The van der Waals surface area contributed by atoms with E-state index in [2.05, 4.69) is 39.2 Å². The first-order valence-corrected chi connectivity index (χ1v) is 14.2. The third-order valence-electron chi connectivity index (χ3n) is 5.31. The number of nitrogen functional groups attached to an aromatic ring is 2. The number of carbonyl (C=O) groups excluding carboxylic acids is 1. The lowest BCUT2D eigenvalue weighted by molar-refractivity contribution is -0.432. The number of anilines is 2. The topological polar surface area (TPSA) is 252 Å². The van der Waals surface area contributed by atoms with Crippen LogP contribution in [0.4, 0.5) is 34.1 Å². The molecule has 0 atom stereocenters. The monoisotopic (exact) mass is 668 g/mol. The summed E-state index contributed by atoms with van der Waals surface area (Å²) in [5, 5.41) is 50.0. The quantitative estimate of drug-likeness (QED) is 0.0271. The maximum absolute atomic E-state index is 12.0. The number of carbonyl (C=O) groups is 2. The molecule has 0 saturated heterocycles. The molecular weight excluding hydrogens is 644 g/mol. The number of carboxylic acid groups (broad SMARTS) is 1. The zero-order chi connectivity index (χ0) is 32.2. The molecule has 17 nitrogen and oxygen atoms in total. The van der Waals surface area contributed by atoms with Crippen LogP contribution in [0, 0.1) is 13.8 Å². The van der Waals surface area contributed by atoms with Gasteiger partial charge in [0.15, 0.2) is 0 Å². The molecule has 0 aromatic heterocycles. The standard InChI is InChI=1S/C24H24N6O11S3/c1-11-4-5-15(19(6-11)44-41-39-35)27-29-22-13(24(32)33)8-14(25)23(21(22)26)30-28-16-7-12(2)18(9-17(16)36-3)43-37-20(31)10-42-40-38-34/h4-9,34-35H,10,25-26H2,1-3H3,(H,32,33). The first-order chi connectivity index (χ1) is 21.1. The number of rotatable bonds is 15. The van der Waals surface area contributed by atoms with Gasteiger partial charge in [-0.2, -0.15) is 0 Å². The summed E-state index contributed by atoms with van der Waals surface area (Å²) in [4.78, 5) is 24.7. The van der Waals surface area contributed by atoms with Gasteiger partial charge in [0.1, 0.15) is 34.3 Å². The van der Waals surface area contributed by atoms with Crippen molar-refractivity contribution in [1.29, 1.82) is 0 Å². The van der Waals surface area contributed by atoms with Gasteiger partial charge in [0.05, 0.1) is 57.9 Å². The second-order valence-corrected chi connectivity index (χ2v) is 10.4. The molecule has 0 amide bonds. The Morgan fingerprint density at radius 2 is 1.57 bits per heavy atom. The van der Waals surface area contributed by atoms with E-state index in [9.17, 15) is 14.7 Å². The van der Waals surface area contributed by atoms with Gasteiger partial charge in [-0.1, -0.05) is 16.1 Å². The maximum atomic E-state index is 12.0. The molecule has 0 heterocycles. The number of benzene rings is 3. The van der Waals surface area contributed by atoms with Crippen LogP contribution in [-0.2, 0) is 27.7 Å². The molecule has 3 aromatic rings. The van der Waals surface area contributed by atoms with Crippen LogP contribution in [0.25, 0.3) is 0 Å². The van der Waals surface area contributed by atoms with E-state index in [4.69, 9.17) is 30.9 Å². The van der Waals surface area contributed by atoms with Crippen molar-refractivity contribution in [3.05, 3.63) is 53.1 Å². The molecule has 234 valence electrons. The summed E-state index contributed by atoms with van der Waals surface area (Å²) in [6, 6.07) is 9.28. The average Bonchev–Trinajstić information content (AvgIpc) is 2.99. The molecule has 7 N–H and O–H groups in total. The molecule has 0 radical (unpaired) electrons. The molecule has 20 heteroatoms. The van der Waals surface area contributed by atoms with E-state index >= 15 is 0 Å². The fourth-order valence-corrected chi connectivity index (χ4v) is 4.75. The number of hydrogen-bond donors (Lipinski definition) is 5. The Labute approximate surface area is 261 Å². The number of hydrogen-bond acceptors (Lipinski definition) is 19. The van der Waals surface area contributed by atoms with Crippen molar-refractivity contribution in [2.75, 3.05) is 24.3 Å². The number of nitrogens with zero attached hydrogens (tertiary/aromatic N) is 4. The van der Waals surface area contributed by atoms with Gasteiger partial charge in [0, 0.05) is 12.0 Å². The highest BCUT2D eigenvalue weighted by Gasteiger charge is 2.20. The predicted octanol–water partition coefficient (Wildman–Crippen LogP) is 7.05. The Hall–Kier alpha value is -3.99.